The van der Waals surface area contributed by atoms with E-state index in [0.717, 1.165) is 29.1 Å². The molecule has 0 bridgehead atoms. The Balaban J connectivity index is 1.81. The second-order valence-electron chi connectivity index (χ2n) is 4.48. The van der Waals surface area contributed by atoms with Crippen LogP contribution in [0.25, 0.3) is 0 Å². The van der Waals surface area contributed by atoms with Gasteiger partial charge in [-0.15, -0.1) is 11.3 Å². The Hall–Kier alpha value is -2.08. The number of benzene rings is 1. The van der Waals surface area contributed by atoms with Crippen molar-refractivity contribution in [3.8, 4) is 0 Å². The fourth-order valence-corrected chi connectivity index (χ4v) is 2.67. The third-order valence-corrected chi connectivity index (χ3v) is 3.75. The summed E-state index contributed by atoms with van der Waals surface area (Å²) in [6.45, 7) is 0.625. The summed E-state index contributed by atoms with van der Waals surface area (Å²) >= 11 is 1.56. The fraction of sp³-hybridized carbons (Fsp3) is 0.231. The minimum Gasteiger partial charge on any atom is -0.397 e. The van der Waals surface area contributed by atoms with E-state index >= 15 is 0 Å². The zero-order chi connectivity index (χ0) is 13.2. The second-order valence-corrected chi connectivity index (χ2v) is 5.20. The van der Waals surface area contributed by atoms with Gasteiger partial charge in [0.2, 0.25) is 5.91 Å². The number of rotatable bonds is 3. The van der Waals surface area contributed by atoms with Gasteiger partial charge in [0.1, 0.15) is 0 Å². The summed E-state index contributed by atoms with van der Waals surface area (Å²) in [4.78, 5) is 15.6. The van der Waals surface area contributed by atoms with Gasteiger partial charge < -0.3 is 16.4 Å². The Labute approximate surface area is 114 Å². The average Bonchev–Trinajstić information content (AvgIpc) is 2.90. The Morgan fingerprint density at radius 1 is 1.42 bits per heavy atom. The van der Waals surface area contributed by atoms with Crippen LogP contribution in [-0.4, -0.2) is 10.9 Å². The standard InChI is InChI=1S/C13H14N4OS/c14-10-3-8-1-2-13(18)17-11(8)4-12(10)15-5-9-6-19-7-16-9/h3-4,6-7,15H,1-2,5,14H2,(H,17,18). The number of carbonyl (C=O) groups excluding carboxylic acids is 1. The monoisotopic (exact) mass is 274 g/mol. The van der Waals surface area contributed by atoms with Crippen LogP contribution in [0.4, 0.5) is 17.1 Å². The smallest absolute Gasteiger partial charge is 0.224 e. The lowest BCUT2D eigenvalue weighted by Gasteiger charge is -2.19. The van der Waals surface area contributed by atoms with Crippen LogP contribution in [0.5, 0.6) is 0 Å². The topological polar surface area (TPSA) is 80.0 Å². The zero-order valence-corrected chi connectivity index (χ0v) is 11.1. The van der Waals surface area contributed by atoms with Gasteiger partial charge in [-0.05, 0) is 24.1 Å². The van der Waals surface area contributed by atoms with Crippen molar-refractivity contribution in [3.05, 3.63) is 34.3 Å². The summed E-state index contributed by atoms with van der Waals surface area (Å²) in [5.41, 5.74) is 12.3. The normalized spacial score (nSPS) is 13.8. The van der Waals surface area contributed by atoms with Crippen molar-refractivity contribution >= 4 is 34.3 Å². The van der Waals surface area contributed by atoms with Crippen molar-refractivity contribution < 1.29 is 4.79 Å². The first-order valence-electron chi connectivity index (χ1n) is 6.05. The predicted molar refractivity (Wildman–Crippen MR) is 77.2 cm³/mol. The summed E-state index contributed by atoms with van der Waals surface area (Å²) in [6.07, 6.45) is 1.27. The number of aromatic nitrogens is 1. The number of fused-ring (bicyclic) bond motifs is 1. The lowest BCUT2D eigenvalue weighted by atomic mass is 10.0. The van der Waals surface area contributed by atoms with Gasteiger partial charge >= 0.3 is 0 Å². The van der Waals surface area contributed by atoms with Crippen LogP contribution < -0.4 is 16.4 Å². The summed E-state index contributed by atoms with van der Waals surface area (Å²) in [5.74, 6) is 0.0581. The molecule has 0 saturated heterocycles. The molecule has 1 aliphatic rings. The molecule has 0 atom stereocenters. The van der Waals surface area contributed by atoms with Crippen molar-refractivity contribution in [2.75, 3.05) is 16.4 Å². The first-order chi connectivity index (χ1) is 9.22. The number of nitrogen functional groups attached to an aromatic ring is 1. The van der Waals surface area contributed by atoms with Crippen molar-refractivity contribution in [1.29, 1.82) is 0 Å². The first-order valence-corrected chi connectivity index (χ1v) is 7.00. The van der Waals surface area contributed by atoms with Crippen molar-refractivity contribution in [1.82, 2.24) is 4.98 Å². The van der Waals surface area contributed by atoms with E-state index in [9.17, 15) is 4.79 Å². The van der Waals surface area contributed by atoms with Crippen LogP contribution >= 0.6 is 11.3 Å². The number of anilines is 3. The average molecular weight is 274 g/mol. The maximum atomic E-state index is 11.4. The highest BCUT2D eigenvalue weighted by molar-refractivity contribution is 7.07. The molecule has 2 heterocycles. The van der Waals surface area contributed by atoms with E-state index in [4.69, 9.17) is 5.73 Å². The molecule has 6 heteroatoms. The highest BCUT2D eigenvalue weighted by Crippen LogP contribution is 2.31. The van der Waals surface area contributed by atoms with Crippen molar-refractivity contribution in [2.24, 2.45) is 0 Å². The lowest BCUT2D eigenvalue weighted by Crippen LogP contribution is -2.19. The van der Waals surface area contributed by atoms with Gasteiger partial charge in [-0.3, -0.25) is 4.79 Å². The molecule has 5 nitrogen and oxygen atoms in total. The third kappa shape index (κ3) is 2.53. The van der Waals surface area contributed by atoms with Crippen LogP contribution in [-0.2, 0) is 17.8 Å². The molecule has 98 valence electrons. The van der Waals surface area contributed by atoms with Gasteiger partial charge in [-0.25, -0.2) is 4.98 Å². The minimum absolute atomic E-state index is 0.0581. The number of amides is 1. The Bertz CT molecular complexity index is 609. The molecule has 1 aromatic carbocycles. The highest BCUT2D eigenvalue weighted by atomic mass is 32.1. The first kappa shape index (κ1) is 12.0. The Morgan fingerprint density at radius 3 is 3.11 bits per heavy atom. The maximum absolute atomic E-state index is 11.4. The minimum atomic E-state index is 0.0581. The van der Waals surface area contributed by atoms with E-state index in [2.05, 4.69) is 15.6 Å². The van der Waals surface area contributed by atoms with E-state index in [1.54, 1.807) is 16.8 Å². The summed E-state index contributed by atoms with van der Waals surface area (Å²) < 4.78 is 0. The molecule has 0 aliphatic carbocycles. The third-order valence-electron chi connectivity index (χ3n) is 3.11. The fourth-order valence-electron chi connectivity index (χ4n) is 2.11. The van der Waals surface area contributed by atoms with E-state index in [0.29, 0.717) is 18.7 Å². The quantitative estimate of drug-likeness (QED) is 0.750. The molecule has 1 aromatic heterocycles. The predicted octanol–water partition coefficient (Wildman–Crippen LogP) is 2.22. The molecule has 0 unspecified atom stereocenters. The maximum Gasteiger partial charge on any atom is 0.224 e. The van der Waals surface area contributed by atoms with Crippen LogP contribution in [0.2, 0.25) is 0 Å². The molecule has 1 amide bonds. The van der Waals surface area contributed by atoms with Gasteiger partial charge in [0, 0.05) is 17.5 Å². The second kappa shape index (κ2) is 4.89. The van der Waals surface area contributed by atoms with Crippen LogP contribution in [0, 0.1) is 0 Å². The molecule has 0 radical (unpaired) electrons. The number of aryl methyl sites for hydroxylation is 1. The SMILES string of the molecule is Nc1cc2c(cc1NCc1cscn1)NC(=O)CC2. The number of nitrogens with one attached hydrogen (secondary N) is 2. The largest absolute Gasteiger partial charge is 0.397 e. The number of thiazole rings is 1. The summed E-state index contributed by atoms with van der Waals surface area (Å²) in [6, 6.07) is 3.83. The molecule has 0 fully saturated rings. The Morgan fingerprint density at radius 2 is 2.32 bits per heavy atom. The van der Waals surface area contributed by atoms with E-state index < -0.39 is 0 Å². The van der Waals surface area contributed by atoms with Crippen molar-refractivity contribution in [2.45, 2.75) is 19.4 Å². The van der Waals surface area contributed by atoms with Crippen LogP contribution in [0.1, 0.15) is 17.7 Å². The number of hydrogen-bond donors (Lipinski definition) is 3. The van der Waals surface area contributed by atoms with Gasteiger partial charge in [0.15, 0.2) is 0 Å². The van der Waals surface area contributed by atoms with Gasteiger partial charge in [0.25, 0.3) is 0 Å². The lowest BCUT2D eigenvalue weighted by molar-refractivity contribution is -0.116. The molecule has 2 aromatic rings. The highest BCUT2D eigenvalue weighted by Gasteiger charge is 2.16. The van der Waals surface area contributed by atoms with Gasteiger partial charge in [-0.2, -0.15) is 0 Å². The van der Waals surface area contributed by atoms with Crippen LogP contribution in [0.3, 0.4) is 0 Å². The van der Waals surface area contributed by atoms with E-state index in [-0.39, 0.29) is 5.91 Å². The number of nitrogens with two attached hydrogens (primary N) is 1. The molecule has 3 rings (SSSR count). The molecule has 0 saturated carbocycles. The molecular weight excluding hydrogens is 260 g/mol. The van der Waals surface area contributed by atoms with Gasteiger partial charge in [-0.1, -0.05) is 0 Å². The van der Waals surface area contributed by atoms with Crippen molar-refractivity contribution in [3.63, 3.8) is 0 Å². The number of hydrogen-bond acceptors (Lipinski definition) is 5. The number of carbonyl (C=O) groups is 1. The van der Waals surface area contributed by atoms with Crippen LogP contribution in [0.15, 0.2) is 23.0 Å². The molecule has 1 aliphatic heterocycles. The number of nitrogens with zero attached hydrogens (tertiary/aromatic N) is 1. The molecular formula is C13H14N4OS. The molecule has 4 N–H and O–H groups in total. The Kier molecular flexibility index (Phi) is 3.08. The van der Waals surface area contributed by atoms with Gasteiger partial charge in [0.05, 0.1) is 29.1 Å². The van der Waals surface area contributed by atoms with E-state index in [1.807, 2.05) is 17.5 Å². The molecule has 19 heavy (non-hydrogen) atoms. The molecule has 0 spiro atoms. The van der Waals surface area contributed by atoms with E-state index in [1.165, 1.54) is 0 Å². The zero-order valence-electron chi connectivity index (χ0n) is 10.3. The summed E-state index contributed by atoms with van der Waals surface area (Å²) in [7, 11) is 0. The summed E-state index contributed by atoms with van der Waals surface area (Å²) in [5, 5.41) is 8.11.